The van der Waals surface area contributed by atoms with Gasteiger partial charge in [-0.3, -0.25) is 0 Å². The van der Waals surface area contributed by atoms with Gasteiger partial charge in [-0.15, -0.1) is 11.3 Å². The first-order valence-electron chi connectivity index (χ1n) is 5.12. The molecule has 14 heavy (non-hydrogen) atoms. The molecule has 1 aromatic rings. The Morgan fingerprint density at radius 2 is 2.64 bits per heavy atom. The monoisotopic (exact) mass is 212 g/mol. The highest BCUT2D eigenvalue weighted by Gasteiger charge is 2.18. The quantitative estimate of drug-likeness (QED) is 0.832. The van der Waals surface area contributed by atoms with Crippen molar-refractivity contribution in [3.05, 3.63) is 16.6 Å². The number of nitrogens with one attached hydrogen (secondary N) is 1. The predicted octanol–water partition coefficient (Wildman–Crippen LogP) is 1.97. The second kappa shape index (κ2) is 4.87. The lowest BCUT2D eigenvalue weighted by Gasteiger charge is -2.25. The Balaban J connectivity index is 1.84. The summed E-state index contributed by atoms with van der Waals surface area (Å²) in [5.74, 6) is 0. The van der Waals surface area contributed by atoms with Gasteiger partial charge in [-0.2, -0.15) is 0 Å². The summed E-state index contributed by atoms with van der Waals surface area (Å²) in [7, 11) is 0. The minimum Gasteiger partial charge on any atom is -0.367 e. The molecule has 1 aliphatic heterocycles. The van der Waals surface area contributed by atoms with Crippen LogP contribution in [0.3, 0.4) is 0 Å². The van der Waals surface area contributed by atoms with Crippen LogP contribution >= 0.6 is 11.3 Å². The molecule has 4 heteroatoms. The molecule has 0 aromatic carbocycles. The highest BCUT2D eigenvalue weighted by Crippen LogP contribution is 2.22. The summed E-state index contributed by atoms with van der Waals surface area (Å²) in [6, 6.07) is 0. The predicted molar refractivity (Wildman–Crippen MR) is 57.5 cm³/mol. The second-order valence-corrected chi connectivity index (χ2v) is 4.54. The van der Waals surface area contributed by atoms with E-state index < -0.39 is 0 Å². The first-order chi connectivity index (χ1) is 6.86. The van der Waals surface area contributed by atoms with Crippen LogP contribution in [0.5, 0.6) is 0 Å². The van der Waals surface area contributed by atoms with Gasteiger partial charge in [0.2, 0.25) is 0 Å². The summed E-state index contributed by atoms with van der Waals surface area (Å²) in [5.41, 5.74) is 0. The molecule has 1 N–H and O–H groups in total. The number of nitrogens with zero attached hydrogens (tertiary/aromatic N) is 1. The molecule has 0 bridgehead atoms. The molecule has 0 unspecified atom stereocenters. The van der Waals surface area contributed by atoms with E-state index in [0.29, 0.717) is 6.10 Å². The van der Waals surface area contributed by atoms with Crippen LogP contribution in [-0.2, 0) is 4.74 Å². The van der Waals surface area contributed by atoms with Crippen molar-refractivity contribution < 1.29 is 4.74 Å². The molecule has 1 fully saturated rings. The summed E-state index contributed by atoms with van der Waals surface area (Å²) >= 11 is 1.66. The number of ether oxygens (including phenoxy) is 1. The Morgan fingerprint density at radius 3 is 3.29 bits per heavy atom. The van der Waals surface area contributed by atoms with E-state index in [4.69, 9.17) is 4.74 Å². The third kappa shape index (κ3) is 2.53. The maximum absolute atomic E-state index is 5.92. The van der Waals surface area contributed by atoms with E-state index in [2.05, 4.69) is 17.2 Å². The third-order valence-corrected chi connectivity index (χ3v) is 3.38. The Labute approximate surface area is 88.5 Å². The average molecular weight is 212 g/mol. The van der Waals surface area contributed by atoms with Crippen LogP contribution < -0.4 is 5.32 Å². The second-order valence-electron chi connectivity index (χ2n) is 3.62. The SMILES string of the molecule is C[C@H](O[C@@H]1CCCNC1)c1nccs1. The zero-order chi connectivity index (χ0) is 9.80. The Kier molecular flexibility index (Phi) is 3.50. The Hall–Kier alpha value is -0.450. The molecular weight excluding hydrogens is 196 g/mol. The van der Waals surface area contributed by atoms with Gasteiger partial charge in [0.25, 0.3) is 0 Å². The fourth-order valence-corrected chi connectivity index (χ4v) is 2.35. The number of hydrogen-bond donors (Lipinski definition) is 1. The molecule has 1 saturated heterocycles. The summed E-state index contributed by atoms with van der Waals surface area (Å²) in [4.78, 5) is 4.25. The van der Waals surface area contributed by atoms with Gasteiger partial charge in [-0.25, -0.2) is 4.98 Å². The number of thiazole rings is 1. The van der Waals surface area contributed by atoms with Crippen molar-refractivity contribution in [3.63, 3.8) is 0 Å². The molecular formula is C10H16N2OS. The van der Waals surface area contributed by atoms with E-state index >= 15 is 0 Å². The van der Waals surface area contributed by atoms with Gasteiger partial charge in [0, 0.05) is 18.1 Å². The molecule has 0 amide bonds. The van der Waals surface area contributed by atoms with E-state index in [1.807, 2.05) is 11.6 Å². The van der Waals surface area contributed by atoms with Gasteiger partial charge >= 0.3 is 0 Å². The first-order valence-corrected chi connectivity index (χ1v) is 6.00. The van der Waals surface area contributed by atoms with Crippen molar-refractivity contribution in [2.24, 2.45) is 0 Å². The molecule has 3 nitrogen and oxygen atoms in total. The minimum absolute atomic E-state index is 0.139. The summed E-state index contributed by atoms with van der Waals surface area (Å²) in [6.07, 6.45) is 4.72. The molecule has 0 radical (unpaired) electrons. The minimum atomic E-state index is 0.139. The van der Waals surface area contributed by atoms with E-state index in [0.717, 1.165) is 18.1 Å². The molecule has 2 atom stereocenters. The van der Waals surface area contributed by atoms with E-state index in [1.54, 1.807) is 11.3 Å². The van der Waals surface area contributed by atoms with Gasteiger partial charge in [0.05, 0.1) is 6.10 Å². The van der Waals surface area contributed by atoms with Gasteiger partial charge in [0.15, 0.2) is 0 Å². The Bertz CT molecular complexity index is 257. The maximum atomic E-state index is 5.92. The van der Waals surface area contributed by atoms with Gasteiger partial charge in [-0.05, 0) is 26.3 Å². The van der Waals surface area contributed by atoms with E-state index in [-0.39, 0.29) is 6.10 Å². The molecule has 1 aromatic heterocycles. The van der Waals surface area contributed by atoms with Crippen LogP contribution in [0.2, 0.25) is 0 Å². The highest BCUT2D eigenvalue weighted by molar-refractivity contribution is 7.09. The largest absolute Gasteiger partial charge is 0.367 e. The topological polar surface area (TPSA) is 34.1 Å². The summed E-state index contributed by atoms with van der Waals surface area (Å²) in [6.45, 7) is 4.19. The van der Waals surface area contributed by atoms with E-state index in [9.17, 15) is 0 Å². The van der Waals surface area contributed by atoms with Crippen LogP contribution in [0.25, 0.3) is 0 Å². The molecule has 0 saturated carbocycles. The number of piperidine rings is 1. The van der Waals surface area contributed by atoms with Gasteiger partial charge < -0.3 is 10.1 Å². The fraction of sp³-hybridized carbons (Fsp3) is 0.700. The van der Waals surface area contributed by atoms with Crippen molar-refractivity contribution in [2.45, 2.75) is 32.0 Å². The van der Waals surface area contributed by atoms with Crippen LogP contribution in [0.4, 0.5) is 0 Å². The van der Waals surface area contributed by atoms with Gasteiger partial charge in [0.1, 0.15) is 11.1 Å². The number of aromatic nitrogens is 1. The summed E-state index contributed by atoms with van der Waals surface area (Å²) in [5, 5.41) is 6.42. The maximum Gasteiger partial charge on any atom is 0.121 e. The molecule has 78 valence electrons. The molecule has 2 rings (SSSR count). The van der Waals surface area contributed by atoms with Crippen molar-refractivity contribution in [3.8, 4) is 0 Å². The normalized spacial score (nSPS) is 24.8. The lowest BCUT2D eigenvalue weighted by atomic mass is 10.1. The van der Waals surface area contributed by atoms with Crippen molar-refractivity contribution in [2.75, 3.05) is 13.1 Å². The standard InChI is InChI=1S/C10H16N2OS/c1-8(10-12-5-6-14-10)13-9-3-2-4-11-7-9/h5-6,8-9,11H,2-4,7H2,1H3/t8-,9+/m0/s1. The zero-order valence-electron chi connectivity index (χ0n) is 8.40. The molecule has 0 spiro atoms. The summed E-state index contributed by atoms with van der Waals surface area (Å²) < 4.78 is 5.92. The average Bonchev–Trinajstić information content (AvgIpc) is 2.72. The fourth-order valence-electron chi connectivity index (χ4n) is 1.72. The highest BCUT2D eigenvalue weighted by atomic mass is 32.1. The molecule has 2 heterocycles. The van der Waals surface area contributed by atoms with Crippen LogP contribution in [-0.4, -0.2) is 24.2 Å². The Morgan fingerprint density at radius 1 is 1.71 bits per heavy atom. The number of rotatable bonds is 3. The van der Waals surface area contributed by atoms with Crippen molar-refractivity contribution in [1.82, 2.24) is 10.3 Å². The number of hydrogen-bond acceptors (Lipinski definition) is 4. The first kappa shape index (κ1) is 10.1. The molecule has 0 aliphatic carbocycles. The van der Waals surface area contributed by atoms with Crippen molar-refractivity contribution in [1.29, 1.82) is 0 Å². The van der Waals surface area contributed by atoms with E-state index in [1.165, 1.54) is 12.8 Å². The van der Waals surface area contributed by atoms with Crippen LogP contribution in [0.15, 0.2) is 11.6 Å². The third-order valence-electron chi connectivity index (χ3n) is 2.45. The lowest BCUT2D eigenvalue weighted by Crippen LogP contribution is -2.35. The smallest absolute Gasteiger partial charge is 0.121 e. The molecule has 1 aliphatic rings. The lowest BCUT2D eigenvalue weighted by molar-refractivity contribution is -0.0150. The van der Waals surface area contributed by atoms with Gasteiger partial charge in [-0.1, -0.05) is 0 Å². The van der Waals surface area contributed by atoms with Crippen molar-refractivity contribution >= 4 is 11.3 Å². The zero-order valence-corrected chi connectivity index (χ0v) is 9.22. The van der Waals surface area contributed by atoms with Crippen LogP contribution in [0, 0.1) is 0 Å². The van der Waals surface area contributed by atoms with Crippen LogP contribution in [0.1, 0.15) is 30.9 Å².